The van der Waals surface area contributed by atoms with Crippen LogP contribution in [0.1, 0.15) is 11.1 Å². The van der Waals surface area contributed by atoms with Gasteiger partial charge in [-0.1, -0.05) is 41.4 Å². The lowest BCUT2D eigenvalue weighted by Gasteiger charge is -2.39. The summed E-state index contributed by atoms with van der Waals surface area (Å²) in [6.45, 7) is 0. The number of halogens is 2. The van der Waals surface area contributed by atoms with E-state index in [0.29, 0.717) is 26.9 Å². The van der Waals surface area contributed by atoms with E-state index >= 15 is 0 Å². The molecule has 1 fully saturated rings. The van der Waals surface area contributed by atoms with Gasteiger partial charge in [0.1, 0.15) is 18.3 Å². The predicted octanol–water partition coefficient (Wildman–Crippen LogP) is 1.02. The van der Waals surface area contributed by atoms with Crippen LogP contribution in [0.2, 0.25) is 10.0 Å². The van der Waals surface area contributed by atoms with Gasteiger partial charge in [0, 0.05) is 21.2 Å². The molecular formula is C21H18Cl2N2O8. The molecule has 12 heteroatoms. The van der Waals surface area contributed by atoms with E-state index in [-0.39, 0.29) is 5.71 Å². The summed E-state index contributed by atoms with van der Waals surface area (Å²) in [6, 6.07) is 11.4. The molecule has 10 nitrogen and oxygen atoms in total. The molecule has 1 saturated heterocycles. The van der Waals surface area contributed by atoms with Crippen LogP contribution in [0.4, 0.5) is 5.69 Å². The second-order valence-electron chi connectivity index (χ2n) is 7.36. The number of aliphatic hydroxyl groups excluding tert-OH is 3. The van der Waals surface area contributed by atoms with E-state index in [1.165, 1.54) is 0 Å². The third-order valence-electron chi connectivity index (χ3n) is 5.17. The van der Waals surface area contributed by atoms with Crippen molar-refractivity contribution in [2.75, 3.05) is 5.32 Å². The van der Waals surface area contributed by atoms with Gasteiger partial charge in [-0.3, -0.25) is 4.79 Å². The van der Waals surface area contributed by atoms with Crippen molar-refractivity contribution in [3.63, 3.8) is 0 Å². The number of ether oxygens (including phenoxy) is 2. The second kappa shape index (κ2) is 9.35. The molecule has 2 aromatic carbocycles. The van der Waals surface area contributed by atoms with E-state index in [0.717, 1.165) is 0 Å². The third kappa shape index (κ3) is 4.59. The van der Waals surface area contributed by atoms with Crippen LogP contribution < -0.4 is 5.32 Å². The third-order valence-corrected chi connectivity index (χ3v) is 5.73. The van der Waals surface area contributed by atoms with Crippen LogP contribution in [-0.2, 0) is 19.1 Å². The van der Waals surface area contributed by atoms with E-state index in [1.807, 2.05) is 0 Å². The van der Waals surface area contributed by atoms with Gasteiger partial charge in [-0.05, 0) is 24.3 Å². The van der Waals surface area contributed by atoms with Crippen LogP contribution in [-0.4, -0.2) is 74.9 Å². The standard InChI is InChI=1S/C21H18Cl2N2O8/c22-8-5-6-12-10(7-8)13(9-3-1-2-4-11(9)23)25-19(18(29)24-12)33-21-16(28)14(26)15(27)17(32-21)20(30)31/h1-7,14-17,19,21,26-28H,(H,24,29)(H,30,31)/t14-,15-,16+,17-,19-,21-/m1/s1. The quantitative estimate of drug-likeness (QED) is 0.419. The van der Waals surface area contributed by atoms with E-state index in [9.17, 15) is 30.0 Å². The van der Waals surface area contributed by atoms with Gasteiger partial charge < -0.3 is 35.2 Å². The zero-order valence-electron chi connectivity index (χ0n) is 16.6. The molecule has 33 heavy (non-hydrogen) atoms. The fraction of sp³-hybridized carbons (Fsp3) is 0.286. The molecule has 0 unspecified atom stereocenters. The predicted molar refractivity (Wildman–Crippen MR) is 116 cm³/mol. The molecule has 2 heterocycles. The lowest BCUT2D eigenvalue weighted by Crippen LogP contribution is -2.61. The molecule has 0 saturated carbocycles. The number of aliphatic hydroxyl groups is 3. The molecule has 4 rings (SSSR count). The molecule has 2 aromatic rings. The number of nitrogens with one attached hydrogen (secondary N) is 1. The molecule has 0 aliphatic carbocycles. The Morgan fingerprint density at radius 3 is 2.45 bits per heavy atom. The van der Waals surface area contributed by atoms with Crippen LogP contribution >= 0.6 is 23.2 Å². The van der Waals surface area contributed by atoms with Crippen molar-refractivity contribution in [1.29, 1.82) is 0 Å². The maximum absolute atomic E-state index is 12.9. The molecule has 2 aliphatic heterocycles. The van der Waals surface area contributed by atoms with Crippen LogP contribution in [0.25, 0.3) is 0 Å². The smallest absolute Gasteiger partial charge is 0.335 e. The number of carbonyl (C=O) groups is 2. The van der Waals surface area contributed by atoms with Crippen molar-refractivity contribution in [2.24, 2.45) is 4.99 Å². The highest BCUT2D eigenvalue weighted by Crippen LogP contribution is 2.31. The summed E-state index contributed by atoms with van der Waals surface area (Å²) >= 11 is 12.5. The van der Waals surface area contributed by atoms with Crippen molar-refractivity contribution in [3.8, 4) is 0 Å². The van der Waals surface area contributed by atoms with E-state index in [1.54, 1.807) is 42.5 Å². The Hall–Kier alpha value is -2.57. The van der Waals surface area contributed by atoms with Gasteiger partial charge in [-0.15, -0.1) is 0 Å². The normalized spacial score (nSPS) is 29.5. The Morgan fingerprint density at radius 1 is 1.03 bits per heavy atom. The van der Waals surface area contributed by atoms with Gasteiger partial charge in [-0.25, -0.2) is 9.79 Å². The van der Waals surface area contributed by atoms with Crippen molar-refractivity contribution in [1.82, 2.24) is 0 Å². The maximum Gasteiger partial charge on any atom is 0.335 e. The van der Waals surface area contributed by atoms with Crippen molar-refractivity contribution in [2.45, 2.75) is 36.9 Å². The average molecular weight is 497 g/mol. The van der Waals surface area contributed by atoms with Crippen molar-refractivity contribution < 1.29 is 39.5 Å². The number of rotatable bonds is 4. The number of benzodiazepines with no additional fused rings is 1. The van der Waals surface area contributed by atoms with Gasteiger partial charge in [0.15, 0.2) is 12.4 Å². The largest absolute Gasteiger partial charge is 0.479 e. The lowest BCUT2D eigenvalue weighted by atomic mass is 9.99. The number of carboxylic acid groups (broad SMARTS) is 1. The summed E-state index contributed by atoms with van der Waals surface area (Å²) in [5.74, 6) is -2.35. The van der Waals surface area contributed by atoms with Gasteiger partial charge in [0.05, 0.1) is 11.4 Å². The number of hydrogen-bond acceptors (Lipinski definition) is 8. The summed E-state index contributed by atoms with van der Waals surface area (Å²) in [6.07, 6.45) is -11.0. The maximum atomic E-state index is 12.9. The van der Waals surface area contributed by atoms with Crippen LogP contribution in [0.5, 0.6) is 0 Å². The minimum atomic E-state index is -1.91. The van der Waals surface area contributed by atoms with Crippen LogP contribution in [0.15, 0.2) is 47.5 Å². The van der Waals surface area contributed by atoms with Gasteiger partial charge in [-0.2, -0.15) is 0 Å². The van der Waals surface area contributed by atoms with Gasteiger partial charge in [0.2, 0.25) is 6.23 Å². The fourth-order valence-corrected chi connectivity index (χ4v) is 3.91. The van der Waals surface area contributed by atoms with Crippen molar-refractivity contribution in [3.05, 3.63) is 63.6 Å². The number of benzene rings is 2. The molecule has 0 spiro atoms. The minimum absolute atomic E-state index is 0.238. The zero-order chi connectivity index (χ0) is 23.9. The number of aliphatic imine (C=N–C) groups is 1. The number of carboxylic acids is 1. The van der Waals surface area contributed by atoms with Crippen LogP contribution in [0, 0.1) is 0 Å². The first-order valence-electron chi connectivity index (χ1n) is 9.69. The fourth-order valence-electron chi connectivity index (χ4n) is 3.51. The molecular weight excluding hydrogens is 479 g/mol. The molecule has 6 atom stereocenters. The number of anilines is 1. The number of carbonyl (C=O) groups excluding carboxylic acids is 1. The average Bonchev–Trinajstić information content (AvgIpc) is 2.90. The summed E-state index contributed by atoms with van der Waals surface area (Å²) in [7, 11) is 0. The Morgan fingerprint density at radius 2 is 1.76 bits per heavy atom. The van der Waals surface area contributed by atoms with E-state index in [4.69, 9.17) is 32.7 Å². The monoisotopic (exact) mass is 496 g/mol. The Bertz CT molecular complexity index is 1130. The highest BCUT2D eigenvalue weighted by atomic mass is 35.5. The Labute approximate surface area is 197 Å². The number of aliphatic carboxylic acids is 1. The SMILES string of the molecule is O=C1Nc2ccc(Cl)cc2C(c2ccccc2Cl)=N[C@@H]1O[C@H]1O[C@@H](C(=O)O)[C@H](O)[C@@H](O)[C@@H]1O. The second-order valence-corrected chi connectivity index (χ2v) is 8.20. The molecule has 0 aromatic heterocycles. The molecule has 1 amide bonds. The summed E-state index contributed by atoms with van der Waals surface area (Å²) < 4.78 is 10.6. The highest BCUT2D eigenvalue weighted by molar-refractivity contribution is 6.36. The number of fused-ring (bicyclic) bond motifs is 1. The highest BCUT2D eigenvalue weighted by Gasteiger charge is 2.48. The first kappa shape index (κ1) is 23.6. The molecule has 174 valence electrons. The molecule has 2 aliphatic rings. The Kier molecular flexibility index (Phi) is 6.68. The first-order chi connectivity index (χ1) is 15.7. The van der Waals surface area contributed by atoms with E-state index < -0.39 is 48.8 Å². The van der Waals surface area contributed by atoms with Crippen LogP contribution in [0.3, 0.4) is 0 Å². The zero-order valence-corrected chi connectivity index (χ0v) is 18.1. The molecule has 0 radical (unpaired) electrons. The lowest BCUT2D eigenvalue weighted by molar-refractivity contribution is -0.300. The summed E-state index contributed by atoms with van der Waals surface area (Å²) in [4.78, 5) is 28.6. The summed E-state index contributed by atoms with van der Waals surface area (Å²) in [5.41, 5.74) is 1.50. The first-order valence-corrected chi connectivity index (χ1v) is 10.4. The Balaban J connectivity index is 1.75. The van der Waals surface area contributed by atoms with E-state index in [2.05, 4.69) is 10.3 Å². The van der Waals surface area contributed by atoms with Gasteiger partial charge in [0.25, 0.3) is 5.91 Å². The van der Waals surface area contributed by atoms with Gasteiger partial charge >= 0.3 is 5.97 Å². The number of hydrogen-bond donors (Lipinski definition) is 5. The minimum Gasteiger partial charge on any atom is -0.479 e. The number of amides is 1. The topological polar surface area (TPSA) is 158 Å². The van der Waals surface area contributed by atoms with Crippen molar-refractivity contribution >= 4 is 46.5 Å². The summed E-state index contributed by atoms with van der Waals surface area (Å²) in [5, 5.41) is 42.7. The molecule has 0 bridgehead atoms. The molecule has 5 N–H and O–H groups in total. The number of nitrogens with zero attached hydrogens (tertiary/aromatic N) is 1.